The summed E-state index contributed by atoms with van der Waals surface area (Å²) in [5.41, 5.74) is 3.39. The van der Waals surface area contributed by atoms with Crippen LogP contribution in [0.4, 0.5) is 0 Å². The Morgan fingerprint density at radius 2 is 1.70 bits per heavy atom. The van der Waals surface area contributed by atoms with Gasteiger partial charge in [-0.3, -0.25) is 14.5 Å². The molecule has 2 aromatic rings. The summed E-state index contributed by atoms with van der Waals surface area (Å²) in [6.07, 6.45) is 6.91. The van der Waals surface area contributed by atoms with E-state index in [1.54, 1.807) is 0 Å². The normalized spacial score (nSPS) is 18.9. The number of hydrogen-bond acceptors (Lipinski definition) is 4. The minimum atomic E-state index is -0.182. The fourth-order valence-electron chi connectivity index (χ4n) is 4.27. The quantitative estimate of drug-likeness (QED) is 0.418. The Balaban J connectivity index is 1.31. The van der Waals surface area contributed by atoms with E-state index in [0.29, 0.717) is 15.1 Å². The standard InChI is InChI=1S/C27H28N2O2S2/c1-20(16-21-8-4-2-5-9-21)17-24-26(31)29(27(32)33-24)19-25(30)28-14-12-23(13-15-28)18-22-10-6-3-7-11-22/h2-11,16-17,23H,12-15,18-19H2,1H3/b20-16+,24-17-. The van der Waals surface area contributed by atoms with Gasteiger partial charge in [0.05, 0.1) is 4.91 Å². The second kappa shape index (κ2) is 10.9. The summed E-state index contributed by atoms with van der Waals surface area (Å²) in [5, 5.41) is 0. The second-order valence-electron chi connectivity index (χ2n) is 8.58. The Bertz CT molecular complexity index is 1070. The van der Waals surface area contributed by atoms with Crippen LogP contribution in [0.2, 0.25) is 0 Å². The van der Waals surface area contributed by atoms with E-state index in [1.165, 1.54) is 22.2 Å². The van der Waals surface area contributed by atoms with Crippen molar-refractivity contribution in [3.05, 3.63) is 88.3 Å². The Hall–Kier alpha value is -2.70. The maximum Gasteiger partial charge on any atom is 0.266 e. The maximum atomic E-state index is 12.9. The molecule has 2 fully saturated rings. The summed E-state index contributed by atoms with van der Waals surface area (Å²) in [5.74, 6) is 0.385. The van der Waals surface area contributed by atoms with Crippen LogP contribution >= 0.6 is 24.0 Å². The fraction of sp³-hybridized carbons (Fsp3) is 0.296. The molecular formula is C27H28N2O2S2. The molecule has 6 heteroatoms. The molecule has 0 aliphatic carbocycles. The van der Waals surface area contributed by atoms with E-state index < -0.39 is 0 Å². The molecule has 2 aliphatic heterocycles. The van der Waals surface area contributed by atoms with E-state index in [9.17, 15) is 9.59 Å². The molecule has 0 unspecified atom stereocenters. The zero-order chi connectivity index (χ0) is 23.2. The maximum absolute atomic E-state index is 12.9. The molecule has 170 valence electrons. The van der Waals surface area contributed by atoms with Gasteiger partial charge in [0.15, 0.2) is 0 Å². The van der Waals surface area contributed by atoms with Crippen LogP contribution in [0, 0.1) is 5.92 Å². The number of thioether (sulfide) groups is 1. The van der Waals surface area contributed by atoms with Crippen LogP contribution in [0.1, 0.15) is 30.9 Å². The zero-order valence-electron chi connectivity index (χ0n) is 18.8. The van der Waals surface area contributed by atoms with E-state index in [1.807, 2.05) is 60.4 Å². The first-order valence-electron chi connectivity index (χ1n) is 11.3. The van der Waals surface area contributed by atoms with Gasteiger partial charge in [-0.25, -0.2) is 0 Å². The van der Waals surface area contributed by atoms with Gasteiger partial charge in [0.2, 0.25) is 5.91 Å². The smallest absolute Gasteiger partial charge is 0.266 e. The third kappa shape index (κ3) is 6.21. The van der Waals surface area contributed by atoms with Crippen molar-refractivity contribution < 1.29 is 9.59 Å². The molecule has 2 aliphatic rings. The van der Waals surface area contributed by atoms with Crippen LogP contribution in [-0.4, -0.2) is 45.6 Å². The van der Waals surface area contributed by atoms with Crippen LogP contribution in [0.5, 0.6) is 0 Å². The van der Waals surface area contributed by atoms with Crippen molar-refractivity contribution in [3.8, 4) is 0 Å². The van der Waals surface area contributed by atoms with Gasteiger partial charge in [-0.2, -0.15) is 0 Å². The molecule has 0 atom stereocenters. The highest BCUT2D eigenvalue weighted by molar-refractivity contribution is 8.26. The Kier molecular flexibility index (Phi) is 7.78. The third-order valence-electron chi connectivity index (χ3n) is 6.05. The van der Waals surface area contributed by atoms with E-state index in [0.717, 1.165) is 43.5 Å². The van der Waals surface area contributed by atoms with Gasteiger partial charge in [-0.05, 0) is 54.9 Å². The van der Waals surface area contributed by atoms with Crippen molar-refractivity contribution in [2.45, 2.75) is 26.2 Å². The second-order valence-corrected chi connectivity index (χ2v) is 10.3. The predicted octanol–water partition coefficient (Wildman–Crippen LogP) is 5.32. The molecule has 0 bridgehead atoms. The summed E-state index contributed by atoms with van der Waals surface area (Å²) in [4.78, 5) is 29.7. The largest absolute Gasteiger partial charge is 0.341 e. The van der Waals surface area contributed by atoms with E-state index in [2.05, 4.69) is 24.3 Å². The first kappa shape index (κ1) is 23.5. The van der Waals surface area contributed by atoms with E-state index in [-0.39, 0.29) is 18.4 Å². The predicted molar refractivity (Wildman–Crippen MR) is 140 cm³/mol. The van der Waals surface area contributed by atoms with Gasteiger partial charge in [-0.15, -0.1) is 0 Å². The van der Waals surface area contributed by atoms with E-state index in [4.69, 9.17) is 12.2 Å². The number of amides is 2. The number of thiocarbonyl (C=S) groups is 1. The molecule has 33 heavy (non-hydrogen) atoms. The Morgan fingerprint density at radius 1 is 1.06 bits per heavy atom. The number of carbonyl (C=O) groups excluding carboxylic acids is 2. The van der Waals surface area contributed by atoms with Crippen molar-refractivity contribution in [1.82, 2.24) is 9.80 Å². The number of carbonyl (C=O) groups is 2. The van der Waals surface area contributed by atoms with Crippen LogP contribution in [-0.2, 0) is 16.0 Å². The van der Waals surface area contributed by atoms with Gasteiger partial charge < -0.3 is 4.90 Å². The SMILES string of the molecule is CC(/C=C1\SC(=S)N(CC(=O)N2CCC(Cc3ccccc3)CC2)C1=O)=C\c1ccccc1. The van der Waals surface area contributed by atoms with Crippen molar-refractivity contribution in [3.63, 3.8) is 0 Å². The van der Waals surface area contributed by atoms with Gasteiger partial charge in [-0.1, -0.05) is 90.7 Å². The molecule has 2 saturated heterocycles. The molecule has 0 saturated carbocycles. The average Bonchev–Trinajstić information content (AvgIpc) is 3.08. The lowest BCUT2D eigenvalue weighted by Gasteiger charge is -2.33. The van der Waals surface area contributed by atoms with Crippen molar-refractivity contribution in [2.24, 2.45) is 5.92 Å². The summed E-state index contributed by atoms with van der Waals surface area (Å²) in [6.45, 7) is 3.46. The average molecular weight is 477 g/mol. The monoisotopic (exact) mass is 476 g/mol. The summed E-state index contributed by atoms with van der Waals surface area (Å²) >= 11 is 6.69. The molecule has 0 spiro atoms. The van der Waals surface area contributed by atoms with Crippen molar-refractivity contribution >= 4 is 46.2 Å². The first-order valence-corrected chi connectivity index (χ1v) is 12.5. The zero-order valence-corrected chi connectivity index (χ0v) is 20.4. The topological polar surface area (TPSA) is 40.6 Å². The van der Waals surface area contributed by atoms with Crippen LogP contribution < -0.4 is 0 Å². The minimum absolute atomic E-state index is 0.0206. The molecule has 2 heterocycles. The van der Waals surface area contributed by atoms with Crippen molar-refractivity contribution in [2.75, 3.05) is 19.6 Å². The Morgan fingerprint density at radius 3 is 2.36 bits per heavy atom. The highest BCUT2D eigenvalue weighted by Crippen LogP contribution is 2.32. The fourth-order valence-corrected chi connectivity index (χ4v) is 5.57. The molecule has 0 radical (unpaired) electrons. The lowest BCUT2D eigenvalue weighted by molar-refractivity contribution is -0.136. The molecule has 0 N–H and O–H groups in total. The lowest BCUT2D eigenvalue weighted by Crippen LogP contribution is -2.45. The highest BCUT2D eigenvalue weighted by Gasteiger charge is 2.35. The van der Waals surface area contributed by atoms with E-state index >= 15 is 0 Å². The van der Waals surface area contributed by atoms with Gasteiger partial charge in [0, 0.05) is 13.1 Å². The van der Waals surface area contributed by atoms with Gasteiger partial charge >= 0.3 is 0 Å². The van der Waals surface area contributed by atoms with Crippen LogP contribution in [0.25, 0.3) is 6.08 Å². The molecule has 2 aromatic carbocycles. The summed E-state index contributed by atoms with van der Waals surface area (Å²) in [6, 6.07) is 20.5. The number of nitrogens with zero attached hydrogens (tertiary/aromatic N) is 2. The number of benzene rings is 2. The first-order chi connectivity index (χ1) is 16.0. The van der Waals surface area contributed by atoms with Crippen molar-refractivity contribution in [1.29, 1.82) is 0 Å². The number of hydrogen-bond donors (Lipinski definition) is 0. The molecule has 2 amide bonds. The number of piperidine rings is 1. The molecular weight excluding hydrogens is 448 g/mol. The number of likely N-dealkylation sites (tertiary alicyclic amines) is 1. The summed E-state index contributed by atoms with van der Waals surface area (Å²) < 4.78 is 0.450. The van der Waals surface area contributed by atoms with Gasteiger partial charge in [0.25, 0.3) is 5.91 Å². The lowest BCUT2D eigenvalue weighted by atomic mass is 9.90. The Labute approximate surface area is 205 Å². The highest BCUT2D eigenvalue weighted by atomic mass is 32.2. The molecule has 0 aromatic heterocycles. The number of rotatable bonds is 6. The molecule has 4 rings (SSSR count). The third-order valence-corrected chi connectivity index (χ3v) is 7.43. The minimum Gasteiger partial charge on any atom is -0.341 e. The van der Waals surface area contributed by atoms with Crippen LogP contribution in [0.15, 0.2) is 77.2 Å². The summed E-state index contributed by atoms with van der Waals surface area (Å²) in [7, 11) is 0. The number of allylic oxidation sites excluding steroid dienone is 2. The van der Waals surface area contributed by atoms with Crippen LogP contribution in [0.3, 0.4) is 0 Å². The molecule has 4 nitrogen and oxygen atoms in total. The van der Waals surface area contributed by atoms with Gasteiger partial charge in [0.1, 0.15) is 10.9 Å².